The monoisotopic (exact) mass is 257 g/mol. The Kier molecular flexibility index (Phi) is 5.58. The van der Waals surface area contributed by atoms with Gasteiger partial charge >= 0.3 is 0 Å². The lowest BCUT2D eigenvalue weighted by Crippen LogP contribution is -2.36. The van der Waals surface area contributed by atoms with E-state index in [4.69, 9.17) is 22.7 Å². The molecule has 0 saturated carbocycles. The van der Waals surface area contributed by atoms with E-state index in [1.165, 1.54) is 12.3 Å². The predicted molar refractivity (Wildman–Crippen MR) is 65.7 cm³/mol. The van der Waals surface area contributed by atoms with Crippen LogP contribution in [0.4, 0.5) is 0 Å². The topological polar surface area (TPSA) is 81.6 Å². The third-order valence-corrected chi connectivity index (χ3v) is 2.34. The first-order valence-corrected chi connectivity index (χ1v) is 5.53. The summed E-state index contributed by atoms with van der Waals surface area (Å²) in [7, 11) is 1.58. The average Bonchev–Trinajstić information content (AvgIpc) is 2.81. The van der Waals surface area contributed by atoms with Crippen molar-refractivity contribution in [3.8, 4) is 0 Å². The number of nitrogens with zero attached hydrogens (tertiary/aromatic N) is 2. The van der Waals surface area contributed by atoms with Crippen LogP contribution >= 0.6 is 12.2 Å². The minimum atomic E-state index is -0.216. The third kappa shape index (κ3) is 4.49. The van der Waals surface area contributed by atoms with Gasteiger partial charge in [-0.25, -0.2) is 0 Å². The van der Waals surface area contributed by atoms with Crippen LogP contribution in [0.15, 0.2) is 16.9 Å². The summed E-state index contributed by atoms with van der Waals surface area (Å²) in [6.45, 7) is 1.36. The van der Waals surface area contributed by atoms with Gasteiger partial charge < -0.3 is 19.9 Å². The Morgan fingerprint density at radius 3 is 2.94 bits per heavy atom. The fourth-order valence-electron chi connectivity index (χ4n) is 1.25. The lowest BCUT2D eigenvalue weighted by molar-refractivity contribution is 0.0691. The lowest BCUT2D eigenvalue weighted by atomic mass is 10.3. The van der Waals surface area contributed by atoms with Gasteiger partial charge in [0.2, 0.25) is 0 Å². The van der Waals surface area contributed by atoms with Crippen LogP contribution in [0.2, 0.25) is 0 Å². The van der Waals surface area contributed by atoms with Crippen molar-refractivity contribution >= 4 is 23.1 Å². The molecule has 0 aliphatic heterocycles. The van der Waals surface area contributed by atoms with Crippen molar-refractivity contribution in [2.24, 2.45) is 5.73 Å². The Hall–Kier alpha value is -1.47. The standard InChI is InChI=1S/C10H15N3O3S/c1-15-7-5-13(4-2-9(11)17)10(14)8-3-6-16-12-8/h3,6H,2,4-5,7H2,1H3,(H2,11,17). The van der Waals surface area contributed by atoms with Gasteiger partial charge in [-0.3, -0.25) is 4.79 Å². The van der Waals surface area contributed by atoms with E-state index in [0.29, 0.717) is 31.1 Å². The molecule has 7 heteroatoms. The van der Waals surface area contributed by atoms with Crippen LogP contribution < -0.4 is 5.73 Å². The summed E-state index contributed by atoms with van der Waals surface area (Å²) in [6, 6.07) is 1.52. The van der Waals surface area contributed by atoms with Crippen molar-refractivity contribution in [2.45, 2.75) is 6.42 Å². The lowest BCUT2D eigenvalue weighted by Gasteiger charge is -2.20. The van der Waals surface area contributed by atoms with Gasteiger partial charge in [-0.1, -0.05) is 17.4 Å². The third-order valence-electron chi connectivity index (χ3n) is 2.14. The number of hydrogen-bond donors (Lipinski definition) is 1. The molecule has 94 valence electrons. The van der Waals surface area contributed by atoms with Gasteiger partial charge in [-0.15, -0.1) is 0 Å². The molecule has 0 bridgehead atoms. The smallest absolute Gasteiger partial charge is 0.276 e. The first kappa shape index (κ1) is 13.6. The van der Waals surface area contributed by atoms with Crippen LogP contribution in [0, 0.1) is 0 Å². The Bertz CT molecular complexity index is 367. The van der Waals surface area contributed by atoms with Crippen molar-refractivity contribution in [1.29, 1.82) is 0 Å². The quantitative estimate of drug-likeness (QED) is 0.714. The minimum absolute atomic E-state index is 0.216. The zero-order valence-corrected chi connectivity index (χ0v) is 10.4. The molecule has 1 amide bonds. The van der Waals surface area contributed by atoms with Gasteiger partial charge in [0.1, 0.15) is 6.26 Å². The number of ether oxygens (including phenoxy) is 1. The molecule has 0 radical (unpaired) electrons. The summed E-state index contributed by atoms with van der Waals surface area (Å²) in [5.41, 5.74) is 5.68. The summed E-state index contributed by atoms with van der Waals surface area (Å²) >= 11 is 4.79. The molecule has 0 unspecified atom stereocenters. The van der Waals surface area contributed by atoms with Crippen LogP contribution in [0.3, 0.4) is 0 Å². The summed E-state index contributed by atoms with van der Waals surface area (Å²) in [4.78, 5) is 13.9. The number of nitrogens with two attached hydrogens (primary N) is 1. The average molecular weight is 257 g/mol. The van der Waals surface area contributed by atoms with Gasteiger partial charge in [0.15, 0.2) is 5.69 Å². The van der Waals surface area contributed by atoms with E-state index >= 15 is 0 Å². The second-order valence-electron chi connectivity index (χ2n) is 3.39. The van der Waals surface area contributed by atoms with E-state index in [-0.39, 0.29) is 11.6 Å². The minimum Gasteiger partial charge on any atom is -0.393 e. The van der Waals surface area contributed by atoms with Gasteiger partial charge in [0, 0.05) is 32.7 Å². The molecule has 0 aliphatic rings. The second kappa shape index (κ2) is 6.97. The number of hydrogen-bond acceptors (Lipinski definition) is 5. The first-order chi connectivity index (χ1) is 8.15. The Labute approximate surface area is 105 Å². The summed E-state index contributed by atoms with van der Waals surface area (Å²) in [5, 5.41) is 3.60. The van der Waals surface area contributed by atoms with Crippen LogP contribution in [0.1, 0.15) is 16.9 Å². The SMILES string of the molecule is COCCN(CCC(N)=S)C(=O)c1ccon1. The normalized spacial score (nSPS) is 10.2. The van der Waals surface area contributed by atoms with Crippen LogP contribution in [0.25, 0.3) is 0 Å². The Balaban J connectivity index is 2.61. The predicted octanol–water partition coefficient (Wildman–Crippen LogP) is 0.439. The van der Waals surface area contributed by atoms with E-state index in [2.05, 4.69) is 9.68 Å². The Morgan fingerprint density at radius 1 is 1.65 bits per heavy atom. The molecule has 0 spiro atoms. The fraction of sp³-hybridized carbons (Fsp3) is 0.500. The maximum atomic E-state index is 12.0. The van der Waals surface area contributed by atoms with Crippen molar-refractivity contribution < 1.29 is 14.1 Å². The van der Waals surface area contributed by atoms with Crippen molar-refractivity contribution in [3.63, 3.8) is 0 Å². The number of methoxy groups -OCH3 is 1. The van der Waals surface area contributed by atoms with Gasteiger partial charge in [0.25, 0.3) is 5.91 Å². The van der Waals surface area contributed by atoms with E-state index in [0.717, 1.165) is 0 Å². The molecular weight excluding hydrogens is 242 g/mol. The molecular formula is C10H15N3O3S. The molecule has 6 nitrogen and oxygen atoms in total. The molecule has 1 aromatic rings. The maximum Gasteiger partial charge on any atom is 0.276 e. The van der Waals surface area contributed by atoms with Crippen LogP contribution in [-0.4, -0.2) is 47.8 Å². The Morgan fingerprint density at radius 2 is 2.41 bits per heavy atom. The zero-order valence-electron chi connectivity index (χ0n) is 9.59. The summed E-state index contributed by atoms with van der Waals surface area (Å²) in [6.07, 6.45) is 1.83. The highest BCUT2D eigenvalue weighted by molar-refractivity contribution is 7.80. The molecule has 1 rings (SSSR count). The molecule has 1 aromatic heterocycles. The summed E-state index contributed by atoms with van der Waals surface area (Å²) in [5.74, 6) is -0.216. The number of rotatable bonds is 7. The van der Waals surface area contributed by atoms with Gasteiger partial charge in [0.05, 0.1) is 11.6 Å². The van der Waals surface area contributed by atoms with E-state index in [9.17, 15) is 4.79 Å². The highest BCUT2D eigenvalue weighted by Gasteiger charge is 2.17. The van der Waals surface area contributed by atoms with Crippen LogP contribution in [-0.2, 0) is 4.74 Å². The maximum absolute atomic E-state index is 12.0. The largest absolute Gasteiger partial charge is 0.393 e. The number of aromatic nitrogens is 1. The highest BCUT2D eigenvalue weighted by atomic mass is 32.1. The van der Waals surface area contributed by atoms with E-state index in [1.807, 2.05) is 0 Å². The summed E-state index contributed by atoms with van der Waals surface area (Å²) < 4.78 is 9.58. The van der Waals surface area contributed by atoms with E-state index < -0.39 is 0 Å². The molecule has 17 heavy (non-hydrogen) atoms. The second-order valence-corrected chi connectivity index (χ2v) is 3.91. The highest BCUT2D eigenvalue weighted by Crippen LogP contribution is 2.03. The molecule has 0 aromatic carbocycles. The molecule has 0 atom stereocenters. The molecule has 0 fully saturated rings. The molecule has 1 heterocycles. The molecule has 2 N–H and O–H groups in total. The number of thiocarbonyl (C=S) groups is 1. The van der Waals surface area contributed by atoms with Crippen molar-refractivity contribution in [2.75, 3.05) is 26.8 Å². The van der Waals surface area contributed by atoms with Crippen molar-refractivity contribution in [3.05, 3.63) is 18.0 Å². The van der Waals surface area contributed by atoms with Crippen LogP contribution in [0.5, 0.6) is 0 Å². The van der Waals surface area contributed by atoms with Gasteiger partial charge in [-0.2, -0.15) is 0 Å². The number of amides is 1. The van der Waals surface area contributed by atoms with E-state index in [1.54, 1.807) is 12.0 Å². The zero-order chi connectivity index (χ0) is 12.7. The fourth-order valence-corrected chi connectivity index (χ4v) is 1.34. The molecule has 0 aliphatic carbocycles. The number of carbonyl (C=O) groups is 1. The first-order valence-electron chi connectivity index (χ1n) is 5.12. The van der Waals surface area contributed by atoms with Gasteiger partial charge in [-0.05, 0) is 0 Å². The molecule has 0 saturated heterocycles. The van der Waals surface area contributed by atoms with Crippen molar-refractivity contribution in [1.82, 2.24) is 10.1 Å². The number of carbonyl (C=O) groups excluding carboxylic acids is 1.